The maximum absolute atomic E-state index is 10.5. The van der Waals surface area contributed by atoms with Crippen LogP contribution in [0.3, 0.4) is 0 Å². The molecular weight excluding hydrogens is 200 g/mol. The molecule has 16 heavy (non-hydrogen) atoms. The predicted molar refractivity (Wildman–Crippen MR) is 66.2 cm³/mol. The number of hydrogen-bond donors (Lipinski definition) is 2. The van der Waals surface area contributed by atoms with Gasteiger partial charge in [0.2, 0.25) is 0 Å². The van der Waals surface area contributed by atoms with E-state index >= 15 is 0 Å². The van der Waals surface area contributed by atoms with E-state index in [4.69, 9.17) is 5.73 Å². The Kier molecular flexibility index (Phi) is 3.88. The van der Waals surface area contributed by atoms with Crippen molar-refractivity contribution in [2.45, 2.75) is 57.1 Å². The van der Waals surface area contributed by atoms with Crippen LogP contribution in [0.25, 0.3) is 0 Å². The Morgan fingerprint density at radius 2 is 2.00 bits per heavy atom. The molecule has 0 radical (unpaired) electrons. The largest absolute Gasteiger partial charge is 0.389 e. The van der Waals surface area contributed by atoms with Gasteiger partial charge in [-0.2, -0.15) is 0 Å². The van der Waals surface area contributed by atoms with E-state index < -0.39 is 5.60 Å². The molecule has 0 bridgehead atoms. The Hall–Kier alpha value is -0.120. The van der Waals surface area contributed by atoms with E-state index in [9.17, 15) is 5.11 Å². The molecule has 1 aliphatic carbocycles. The Morgan fingerprint density at radius 3 is 2.62 bits per heavy atom. The highest BCUT2D eigenvalue weighted by molar-refractivity contribution is 4.89. The molecule has 2 aliphatic rings. The van der Waals surface area contributed by atoms with Crippen molar-refractivity contribution in [3.8, 4) is 0 Å². The SMILES string of the molecule is CC1CCC(O)(CN2CCCC(N)C2)CC1. The minimum Gasteiger partial charge on any atom is -0.389 e. The van der Waals surface area contributed by atoms with Crippen molar-refractivity contribution in [1.82, 2.24) is 4.90 Å². The Labute approximate surface area is 99.0 Å². The first-order valence-corrected chi connectivity index (χ1v) is 6.78. The van der Waals surface area contributed by atoms with Crippen molar-refractivity contribution in [3.05, 3.63) is 0 Å². The molecule has 0 aromatic heterocycles. The van der Waals surface area contributed by atoms with Crippen LogP contribution in [-0.2, 0) is 0 Å². The van der Waals surface area contributed by atoms with Gasteiger partial charge in [-0.1, -0.05) is 6.92 Å². The Bertz CT molecular complexity index is 224. The maximum atomic E-state index is 10.5. The summed E-state index contributed by atoms with van der Waals surface area (Å²) in [4.78, 5) is 2.37. The first-order valence-electron chi connectivity index (χ1n) is 6.78. The Balaban J connectivity index is 1.83. The third kappa shape index (κ3) is 3.19. The first-order chi connectivity index (χ1) is 7.57. The van der Waals surface area contributed by atoms with Crippen LogP contribution in [0.5, 0.6) is 0 Å². The molecule has 0 aromatic carbocycles. The summed E-state index contributed by atoms with van der Waals surface area (Å²) < 4.78 is 0. The van der Waals surface area contributed by atoms with E-state index in [0.717, 1.165) is 44.8 Å². The summed E-state index contributed by atoms with van der Waals surface area (Å²) >= 11 is 0. The molecule has 0 aromatic rings. The van der Waals surface area contributed by atoms with Gasteiger partial charge in [0.25, 0.3) is 0 Å². The topological polar surface area (TPSA) is 49.5 Å². The quantitative estimate of drug-likeness (QED) is 0.747. The molecule has 94 valence electrons. The molecule has 3 N–H and O–H groups in total. The highest BCUT2D eigenvalue weighted by atomic mass is 16.3. The number of β-amino-alcohol motifs (C(OH)–C–C–N with tert-alkyl or cyclic N) is 1. The maximum Gasteiger partial charge on any atom is 0.0774 e. The number of likely N-dealkylation sites (tertiary alicyclic amines) is 1. The van der Waals surface area contributed by atoms with Crippen molar-refractivity contribution < 1.29 is 5.11 Å². The van der Waals surface area contributed by atoms with E-state index in [1.807, 2.05) is 0 Å². The van der Waals surface area contributed by atoms with E-state index in [2.05, 4.69) is 11.8 Å². The molecule has 0 amide bonds. The molecule has 3 heteroatoms. The fraction of sp³-hybridized carbons (Fsp3) is 1.00. The second-order valence-electron chi connectivity index (χ2n) is 6.04. The zero-order valence-electron chi connectivity index (χ0n) is 10.5. The number of nitrogens with zero attached hydrogens (tertiary/aromatic N) is 1. The lowest BCUT2D eigenvalue weighted by Gasteiger charge is -2.41. The van der Waals surface area contributed by atoms with Crippen molar-refractivity contribution in [2.75, 3.05) is 19.6 Å². The molecule has 1 aliphatic heterocycles. The molecule has 1 unspecified atom stereocenters. The van der Waals surface area contributed by atoms with Gasteiger partial charge in [-0.05, 0) is 51.0 Å². The van der Waals surface area contributed by atoms with Gasteiger partial charge in [0.15, 0.2) is 0 Å². The molecule has 2 fully saturated rings. The van der Waals surface area contributed by atoms with Crippen LogP contribution < -0.4 is 5.73 Å². The summed E-state index contributed by atoms with van der Waals surface area (Å²) in [5.74, 6) is 0.795. The van der Waals surface area contributed by atoms with Gasteiger partial charge in [-0.3, -0.25) is 4.90 Å². The summed E-state index contributed by atoms with van der Waals surface area (Å²) in [6.45, 7) is 5.22. The van der Waals surface area contributed by atoms with E-state index in [0.29, 0.717) is 6.04 Å². The van der Waals surface area contributed by atoms with Crippen LogP contribution in [0.2, 0.25) is 0 Å². The minimum atomic E-state index is -0.427. The predicted octanol–water partition coefficient (Wildman–Crippen LogP) is 1.35. The minimum absolute atomic E-state index is 0.319. The average molecular weight is 226 g/mol. The van der Waals surface area contributed by atoms with Crippen molar-refractivity contribution in [3.63, 3.8) is 0 Å². The molecule has 1 heterocycles. The van der Waals surface area contributed by atoms with Gasteiger partial charge in [-0.25, -0.2) is 0 Å². The van der Waals surface area contributed by atoms with Crippen molar-refractivity contribution in [2.24, 2.45) is 11.7 Å². The zero-order valence-corrected chi connectivity index (χ0v) is 10.5. The molecule has 1 saturated heterocycles. The van der Waals surface area contributed by atoms with Gasteiger partial charge in [0.05, 0.1) is 5.60 Å². The van der Waals surface area contributed by atoms with Gasteiger partial charge >= 0.3 is 0 Å². The first kappa shape index (κ1) is 12.3. The van der Waals surface area contributed by atoms with E-state index in [1.165, 1.54) is 19.3 Å². The van der Waals surface area contributed by atoms with E-state index in [-0.39, 0.29) is 0 Å². The van der Waals surface area contributed by atoms with Crippen molar-refractivity contribution in [1.29, 1.82) is 0 Å². The smallest absolute Gasteiger partial charge is 0.0774 e. The van der Waals surface area contributed by atoms with Gasteiger partial charge < -0.3 is 10.8 Å². The number of aliphatic hydroxyl groups is 1. The van der Waals surface area contributed by atoms with Crippen LogP contribution in [0.1, 0.15) is 45.4 Å². The summed E-state index contributed by atoms with van der Waals surface area (Å²) in [6, 6.07) is 0.319. The lowest BCUT2D eigenvalue weighted by atomic mass is 9.79. The summed E-state index contributed by atoms with van der Waals surface area (Å²) in [5.41, 5.74) is 5.55. The lowest BCUT2D eigenvalue weighted by molar-refractivity contribution is -0.0394. The summed E-state index contributed by atoms with van der Waals surface area (Å²) in [6.07, 6.45) is 6.63. The standard InChI is InChI=1S/C13H26N2O/c1-11-4-6-13(16,7-5-11)10-15-8-2-3-12(14)9-15/h11-12,16H,2-10,14H2,1H3. The molecule has 3 nitrogen and oxygen atoms in total. The monoisotopic (exact) mass is 226 g/mol. The number of piperidine rings is 1. The van der Waals surface area contributed by atoms with Gasteiger partial charge in [-0.15, -0.1) is 0 Å². The second-order valence-corrected chi connectivity index (χ2v) is 6.04. The number of nitrogens with two attached hydrogens (primary N) is 1. The van der Waals surface area contributed by atoms with Crippen LogP contribution >= 0.6 is 0 Å². The van der Waals surface area contributed by atoms with Crippen LogP contribution in [-0.4, -0.2) is 41.3 Å². The van der Waals surface area contributed by atoms with Crippen LogP contribution in [0.4, 0.5) is 0 Å². The highest BCUT2D eigenvalue weighted by Crippen LogP contribution is 2.32. The van der Waals surface area contributed by atoms with Crippen molar-refractivity contribution >= 4 is 0 Å². The molecule has 0 spiro atoms. The van der Waals surface area contributed by atoms with E-state index in [1.54, 1.807) is 0 Å². The van der Waals surface area contributed by atoms with Crippen LogP contribution in [0.15, 0.2) is 0 Å². The summed E-state index contributed by atoms with van der Waals surface area (Å²) in [5, 5.41) is 10.5. The normalized spacial score (nSPS) is 42.2. The molecular formula is C13H26N2O. The van der Waals surface area contributed by atoms with Gasteiger partial charge in [0.1, 0.15) is 0 Å². The zero-order chi connectivity index (χ0) is 11.6. The lowest BCUT2D eigenvalue weighted by Crippen LogP contribution is -2.51. The number of rotatable bonds is 2. The van der Waals surface area contributed by atoms with Gasteiger partial charge in [0, 0.05) is 19.1 Å². The summed E-state index contributed by atoms with van der Waals surface area (Å²) in [7, 11) is 0. The third-order valence-electron chi connectivity index (χ3n) is 4.26. The van der Waals surface area contributed by atoms with Crippen LogP contribution in [0, 0.1) is 5.92 Å². The third-order valence-corrected chi connectivity index (χ3v) is 4.26. The second kappa shape index (κ2) is 5.03. The molecule has 2 rings (SSSR count). The fourth-order valence-electron chi connectivity index (χ4n) is 3.11. The molecule has 1 saturated carbocycles. The highest BCUT2D eigenvalue weighted by Gasteiger charge is 2.34. The average Bonchev–Trinajstić information content (AvgIpc) is 2.23. The Morgan fingerprint density at radius 1 is 1.31 bits per heavy atom. The fourth-order valence-corrected chi connectivity index (χ4v) is 3.11. The molecule has 1 atom stereocenters. The number of hydrogen-bond acceptors (Lipinski definition) is 3.